The second-order valence-electron chi connectivity index (χ2n) is 4.58. The van der Waals surface area contributed by atoms with Crippen LogP contribution in [0.25, 0.3) is 0 Å². The van der Waals surface area contributed by atoms with Gasteiger partial charge in [0, 0.05) is 12.7 Å². The number of carbonyl (C=O) groups excluding carboxylic acids is 1. The zero-order valence-electron chi connectivity index (χ0n) is 9.33. The maximum Gasteiger partial charge on any atom is 0.254 e. The molecule has 1 heterocycles. The third-order valence-corrected chi connectivity index (χ3v) is 3.48. The molecule has 0 atom stereocenters. The van der Waals surface area contributed by atoms with Crippen LogP contribution < -0.4 is 11.1 Å². The first-order valence-electron chi connectivity index (χ1n) is 5.73. The molecule has 0 bridgehead atoms. The van der Waals surface area contributed by atoms with E-state index < -0.39 is 0 Å². The molecule has 0 spiro atoms. The predicted molar refractivity (Wildman–Crippen MR) is 60.9 cm³/mol. The Morgan fingerprint density at radius 3 is 2.88 bits per heavy atom. The van der Waals surface area contributed by atoms with Gasteiger partial charge in [-0.05, 0) is 24.8 Å². The van der Waals surface area contributed by atoms with E-state index in [0.29, 0.717) is 18.7 Å². The summed E-state index contributed by atoms with van der Waals surface area (Å²) in [6.07, 6.45) is 7.81. The molecule has 0 aromatic carbocycles. The first-order valence-corrected chi connectivity index (χ1v) is 5.73. The molecule has 0 unspecified atom stereocenters. The Morgan fingerprint density at radius 1 is 1.56 bits per heavy atom. The first kappa shape index (κ1) is 11.1. The highest BCUT2D eigenvalue weighted by atomic mass is 16.1. The standard InChI is InChI=1S/C11H18N4O/c12-7-11(3-1-2-4-11)8-13-10(16)9-5-14-15-6-9/h5-6H,1-4,7-8,12H2,(H,13,16)(H,14,15). The van der Waals surface area contributed by atoms with E-state index in [4.69, 9.17) is 5.73 Å². The van der Waals surface area contributed by atoms with Crippen LogP contribution in [0, 0.1) is 5.41 Å². The van der Waals surface area contributed by atoms with Gasteiger partial charge >= 0.3 is 0 Å². The van der Waals surface area contributed by atoms with Crippen molar-refractivity contribution in [3.8, 4) is 0 Å². The number of amides is 1. The lowest BCUT2D eigenvalue weighted by atomic mass is 9.86. The summed E-state index contributed by atoms with van der Waals surface area (Å²) in [4.78, 5) is 11.7. The molecule has 0 radical (unpaired) electrons. The van der Waals surface area contributed by atoms with E-state index in [1.54, 1.807) is 6.20 Å². The van der Waals surface area contributed by atoms with Crippen LogP contribution >= 0.6 is 0 Å². The molecule has 88 valence electrons. The quantitative estimate of drug-likeness (QED) is 0.699. The second kappa shape index (κ2) is 4.65. The van der Waals surface area contributed by atoms with Gasteiger partial charge in [0.25, 0.3) is 5.91 Å². The molecule has 1 amide bonds. The minimum Gasteiger partial charge on any atom is -0.351 e. The number of aromatic amines is 1. The Hall–Kier alpha value is -1.36. The number of carbonyl (C=O) groups is 1. The fraction of sp³-hybridized carbons (Fsp3) is 0.636. The number of H-pyrrole nitrogens is 1. The highest BCUT2D eigenvalue weighted by Gasteiger charge is 2.32. The van der Waals surface area contributed by atoms with Gasteiger partial charge < -0.3 is 11.1 Å². The van der Waals surface area contributed by atoms with E-state index in [1.807, 2.05) is 0 Å². The van der Waals surface area contributed by atoms with Gasteiger partial charge in [-0.15, -0.1) is 0 Å². The number of rotatable bonds is 4. The highest BCUT2D eigenvalue weighted by molar-refractivity contribution is 5.93. The van der Waals surface area contributed by atoms with Crippen molar-refractivity contribution in [2.45, 2.75) is 25.7 Å². The minimum atomic E-state index is -0.0755. The number of hydrogen-bond acceptors (Lipinski definition) is 3. The van der Waals surface area contributed by atoms with Crippen LogP contribution in [0.2, 0.25) is 0 Å². The lowest BCUT2D eigenvalue weighted by Gasteiger charge is -2.27. The summed E-state index contributed by atoms with van der Waals surface area (Å²) in [6, 6.07) is 0. The number of aromatic nitrogens is 2. The van der Waals surface area contributed by atoms with Crippen molar-refractivity contribution in [1.29, 1.82) is 0 Å². The van der Waals surface area contributed by atoms with Crippen molar-refractivity contribution in [3.05, 3.63) is 18.0 Å². The predicted octanol–water partition coefficient (Wildman–Crippen LogP) is 0.659. The molecule has 2 rings (SSSR count). The molecular weight excluding hydrogens is 204 g/mol. The van der Waals surface area contributed by atoms with Crippen molar-refractivity contribution in [3.63, 3.8) is 0 Å². The van der Waals surface area contributed by atoms with Gasteiger partial charge in [0.15, 0.2) is 0 Å². The maximum atomic E-state index is 11.7. The fourth-order valence-corrected chi connectivity index (χ4v) is 2.32. The zero-order chi connectivity index (χ0) is 11.4. The zero-order valence-corrected chi connectivity index (χ0v) is 9.33. The Balaban J connectivity index is 1.89. The van der Waals surface area contributed by atoms with Crippen molar-refractivity contribution in [2.75, 3.05) is 13.1 Å². The van der Waals surface area contributed by atoms with Gasteiger partial charge in [-0.2, -0.15) is 5.10 Å². The average Bonchev–Trinajstić information content (AvgIpc) is 2.98. The Kier molecular flexibility index (Phi) is 3.24. The Bertz CT molecular complexity index is 341. The lowest BCUT2D eigenvalue weighted by molar-refractivity contribution is 0.0932. The van der Waals surface area contributed by atoms with Gasteiger partial charge in [0.05, 0.1) is 11.8 Å². The van der Waals surface area contributed by atoms with E-state index >= 15 is 0 Å². The molecule has 1 fully saturated rings. The topological polar surface area (TPSA) is 83.8 Å². The summed E-state index contributed by atoms with van der Waals surface area (Å²) in [5, 5.41) is 9.32. The van der Waals surface area contributed by atoms with Crippen LogP contribution in [0.4, 0.5) is 0 Å². The third kappa shape index (κ3) is 2.24. The molecule has 4 N–H and O–H groups in total. The van der Waals surface area contributed by atoms with Gasteiger partial charge in [0.1, 0.15) is 0 Å². The summed E-state index contributed by atoms with van der Waals surface area (Å²) >= 11 is 0. The van der Waals surface area contributed by atoms with E-state index in [1.165, 1.54) is 19.0 Å². The van der Waals surface area contributed by atoms with Gasteiger partial charge in [-0.25, -0.2) is 0 Å². The molecule has 1 aliphatic carbocycles. The van der Waals surface area contributed by atoms with E-state index in [0.717, 1.165) is 12.8 Å². The van der Waals surface area contributed by atoms with Crippen molar-refractivity contribution >= 4 is 5.91 Å². The number of nitrogens with zero attached hydrogens (tertiary/aromatic N) is 1. The number of nitrogens with one attached hydrogen (secondary N) is 2. The minimum absolute atomic E-state index is 0.0755. The monoisotopic (exact) mass is 222 g/mol. The summed E-state index contributed by atoms with van der Waals surface area (Å²) in [6.45, 7) is 1.33. The largest absolute Gasteiger partial charge is 0.351 e. The van der Waals surface area contributed by atoms with Crippen LogP contribution in [-0.2, 0) is 0 Å². The maximum absolute atomic E-state index is 11.7. The summed E-state index contributed by atoms with van der Waals surface area (Å²) < 4.78 is 0. The van der Waals surface area contributed by atoms with Gasteiger partial charge in [0.2, 0.25) is 0 Å². The Labute approximate surface area is 94.8 Å². The number of nitrogens with two attached hydrogens (primary N) is 1. The van der Waals surface area contributed by atoms with E-state index in [2.05, 4.69) is 15.5 Å². The normalized spacial score (nSPS) is 18.6. The Morgan fingerprint density at radius 2 is 2.31 bits per heavy atom. The SMILES string of the molecule is NCC1(CNC(=O)c2cn[nH]c2)CCCC1. The highest BCUT2D eigenvalue weighted by Crippen LogP contribution is 2.36. The molecule has 5 heteroatoms. The molecule has 0 aliphatic heterocycles. The molecule has 0 saturated heterocycles. The molecule has 5 nitrogen and oxygen atoms in total. The third-order valence-electron chi connectivity index (χ3n) is 3.48. The summed E-state index contributed by atoms with van der Waals surface area (Å²) in [7, 11) is 0. The smallest absolute Gasteiger partial charge is 0.254 e. The van der Waals surface area contributed by atoms with Crippen LogP contribution in [0.3, 0.4) is 0 Å². The van der Waals surface area contributed by atoms with E-state index in [-0.39, 0.29) is 11.3 Å². The molecule has 1 saturated carbocycles. The summed E-state index contributed by atoms with van der Waals surface area (Å²) in [5.41, 5.74) is 6.50. The molecule has 1 aliphatic rings. The van der Waals surface area contributed by atoms with E-state index in [9.17, 15) is 4.79 Å². The fourth-order valence-electron chi connectivity index (χ4n) is 2.32. The van der Waals surface area contributed by atoms with Crippen molar-refractivity contribution < 1.29 is 4.79 Å². The van der Waals surface area contributed by atoms with Crippen LogP contribution in [0.1, 0.15) is 36.0 Å². The lowest BCUT2D eigenvalue weighted by Crippen LogP contribution is -2.40. The van der Waals surface area contributed by atoms with Crippen LogP contribution in [0.15, 0.2) is 12.4 Å². The second-order valence-corrected chi connectivity index (χ2v) is 4.58. The molecule has 16 heavy (non-hydrogen) atoms. The summed E-state index contributed by atoms with van der Waals surface area (Å²) in [5.74, 6) is -0.0755. The van der Waals surface area contributed by atoms with Crippen LogP contribution in [0.5, 0.6) is 0 Å². The molecule has 1 aromatic rings. The molecule has 1 aromatic heterocycles. The number of hydrogen-bond donors (Lipinski definition) is 3. The van der Waals surface area contributed by atoms with Crippen LogP contribution in [-0.4, -0.2) is 29.2 Å². The van der Waals surface area contributed by atoms with Crippen molar-refractivity contribution in [2.24, 2.45) is 11.1 Å². The average molecular weight is 222 g/mol. The molecular formula is C11H18N4O. The van der Waals surface area contributed by atoms with Gasteiger partial charge in [-0.3, -0.25) is 9.89 Å². The first-order chi connectivity index (χ1) is 7.76. The van der Waals surface area contributed by atoms with Gasteiger partial charge in [-0.1, -0.05) is 12.8 Å². The van der Waals surface area contributed by atoms with Crippen molar-refractivity contribution in [1.82, 2.24) is 15.5 Å².